The van der Waals surface area contributed by atoms with Crippen LogP contribution in [-0.4, -0.2) is 31.1 Å². The minimum Gasteiger partial charge on any atom is -0.368 e. The van der Waals surface area contributed by atoms with Gasteiger partial charge in [0.05, 0.1) is 11.3 Å². The van der Waals surface area contributed by atoms with Crippen LogP contribution in [0, 0.1) is 0 Å². The number of carbonyl (C=O) groups excluding carboxylic acids is 2. The van der Waals surface area contributed by atoms with Gasteiger partial charge in [-0.2, -0.15) is 0 Å². The number of amides is 2. The highest BCUT2D eigenvalue weighted by atomic mass is 16.5. The highest BCUT2D eigenvalue weighted by molar-refractivity contribution is 6.04. The summed E-state index contributed by atoms with van der Waals surface area (Å²) in [6.45, 7) is 3.34. The van der Waals surface area contributed by atoms with E-state index in [2.05, 4.69) is 17.6 Å². The maximum absolute atomic E-state index is 12.1. The maximum atomic E-state index is 12.1. The van der Waals surface area contributed by atoms with Crippen molar-refractivity contribution in [1.29, 1.82) is 0 Å². The van der Waals surface area contributed by atoms with Crippen LogP contribution in [0.1, 0.15) is 43.0 Å². The fourth-order valence-electron chi connectivity index (χ4n) is 2.26. The van der Waals surface area contributed by atoms with Gasteiger partial charge in [-0.05, 0) is 31.4 Å². The van der Waals surface area contributed by atoms with E-state index in [4.69, 9.17) is 4.74 Å². The van der Waals surface area contributed by atoms with Crippen molar-refractivity contribution in [3.05, 3.63) is 29.8 Å². The second kappa shape index (κ2) is 7.78. The van der Waals surface area contributed by atoms with Crippen LogP contribution in [0.3, 0.4) is 0 Å². The molecule has 0 aromatic heterocycles. The van der Waals surface area contributed by atoms with Crippen LogP contribution < -0.4 is 10.6 Å². The van der Waals surface area contributed by atoms with E-state index in [1.54, 1.807) is 24.3 Å². The number of para-hydroxylation sites is 1. The van der Waals surface area contributed by atoms with Gasteiger partial charge in [0.2, 0.25) is 0 Å². The lowest BCUT2D eigenvalue weighted by Gasteiger charge is -2.14. The molecule has 1 atom stereocenters. The molecule has 0 aliphatic carbocycles. The Morgan fingerprint density at radius 3 is 2.86 bits per heavy atom. The normalized spacial score (nSPS) is 17.5. The molecule has 1 unspecified atom stereocenters. The Morgan fingerprint density at radius 2 is 2.14 bits per heavy atom. The van der Waals surface area contributed by atoms with Crippen molar-refractivity contribution in [2.45, 2.75) is 38.7 Å². The van der Waals surface area contributed by atoms with Crippen molar-refractivity contribution in [1.82, 2.24) is 5.32 Å². The average molecular weight is 290 g/mol. The van der Waals surface area contributed by atoms with E-state index in [-0.39, 0.29) is 11.8 Å². The molecule has 2 amide bonds. The largest absolute Gasteiger partial charge is 0.368 e. The summed E-state index contributed by atoms with van der Waals surface area (Å²) in [4.78, 5) is 24.2. The van der Waals surface area contributed by atoms with Crippen LogP contribution in [0.5, 0.6) is 0 Å². The SMILES string of the molecule is CCCCNC(=O)c1ccccc1NC(=O)C1CCCO1. The van der Waals surface area contributed by atoms with Crippen LogP contribution in [-0.2, 0) is 9.53 Å². The Kier molecular flexibility index (Phi) is 5.75. The van der Waals surface area contributed by atoms with Crippen molar-refractivity contribution in [3.8, 4) is 0 Å². The van der Waals surface area contributed by atoms with Gasteiger partial charge in [0.1, 0.15) is 6.10 Å². The Labute approximate surface area is 125 Å². The highest BCUT2D eigenvalue weighted by Gasteiger charge is 2.24. The van der Waals surface area contributed by atoms with E-state index in [1.165, 1.54) is 0 Å². The van der Waals surface area contributed by atoms with Crippen LogP contribution >= 0.6 is 0 Å². The van der Waals surface area contributed by atoms with E-state index in [9.17, 15) is 9.59 Å². The lowest BCUT2D eigenvalue weighted by Crippen LogP contribution is -2.29. The van der Waals surface area contributed by atoms with Crippen molar-refractivity contribution in [2.24, 2.45) is 0 Å². The summed E-state index contributed by atoms with van der Waals surface area (Å²) < 4.78 is 5.35. The van der Waals surface area contributed by atoms with Gasteiger partial charge in [-0.3, -0.25) is 9.59 Å². The van der Waals surface area contributed by atoms with Gasteiger partial charge in [-0.1, -0.05) is 25.5 Å². The molecule has 5 nitrogen and oxygen atoms in total. The average Bonchev–Trinajstić information content (AvgIpc) is 3.02. The molecule has 1 aromatic rings. The first-order valence-corrected chi connectivity index (χ1v) is 7.52. The van der Waals surface area contributed by atoms with E-state index >= 15 is 0 Å². The van der Waals surface area contributed by atoms with Gasteiger partial charge >= 0.3 is 0 Å². The third kappa shape index (κ3) is 4.29. The molecule has 1 aromatic carbocycles. The third-order valence-corrected chi connectivity index (χ3v) is 3.47. The molecule has 0 spiro atoms. The Morgan fingerprint density at radius 1 is 1.33 bits per heavy atom. The summed E-state index contributed by atoms with van der Waals surface area (Å²) >= 11 is 0. The van der Waals surface area contributed by atoms with Crippen molar-refractivity contribution >= 4 is 17.5 Å². The van der Waals surface area contributed by atoms with Crippen molar-refractivity contribution in [3.63, 3.8) is 0 Å². The van der Waals surface area contributed by atoms with Crippen molar-refractivity contribution in [2.75, 3.05) is 18.5 Å². The maximum Gasteiger partial charge on any atom is 0.253 e. The smallest absolute Gasteiger partial charge is 0.253 e. The minimum atomic E-state index is -0.402. The molecule has 1 saturated heterocycles. The monoisotopic (exact) mass is 290 g/mol. The Balaban J connectivity index is 2.02. The molecule has 1 aliphatic heterocycles. The lowest BCUT2D eigenvalue weighted by atomic mass is 10.1. The number of unbranched alkanes of at least 4 members (excludes halogenated alkanes) is 1. The molecule has 0 radical (unpaired) electrons. The zero-order chi connectivity index (χ0) is 15.1. The first-order valence-electron chi connectivity index (χ1n) is 7.52. The number of hydrogen-bond acceptors (Lipinski definition) is 3. The van der Waals surface area contributed by atoms with Gasteiger partial charge in [0.15, 0.2) is 0 Å². The van der Waals surface area contributed by atoms with Crippen LogP contribution in [0.2, 0.25) is 0 Å². The van der Waals surface area contributed by atoms with E-state index in [1.807, 2.05) is 0 Å². The molecule has 2 N–H and O–H groups in total. The van der Waals surface area contributed by atoms with E-state index < -0.39 is 6.10 Å². The first kappa shape index (κ1) is 15.5. The molecule has 1 fully saturated rings. The van der Waals surface area contributed by atoms with E-state index in [0.29, 0.717) is 24.4 Å². The summed E-state index contributed by atoms with van der Waals surface area (Å²) in [5.41, 5.74) is 1.02. The first-order chi connectivity index (χ1) is 10.2. The number of rotatable bonds is 6. The molecule has 2 rings (SSSR count). The molecule has 114 valence electrons. The number of ether oxygens (including phenoxy) is 1. The molecule has 21 heavy (non-hydrogen) atoms. The standard InChI is InChI=1S/C16H22N2O3/c1-2-3-10-17-15(19)12-7-4-5-8-13(12)18-16(20)14-9-6-11-21-14/h4-5,7-8,14H,2-3,6,9-11H2,1H3,(H,17,19)(H,18,20). The van der Waals surface area contributed by atoms with Crippen molar-refractivity contribution < 1.29 is 14.3 Å². The van der Waals surface area contributed by atoms with Crippen LogP contribution in [0.15, 0.2) is 24.3 Å². The van der Waals surface area contributed by atoms with Gasteiger partial charge < -0.3 is 15.4 Å². The zero-order valence-electron chi connectivity index (χ0n) is 12.4. The minimum absolute atomic E-state index is 0.160. The molecule has 1 heterocycles. The van der Waals surface area contributed by atoms with Crippen LogP contribution in [0.4, 0.5) is 5.69 Å². The van der Waals surface area contributed by atoms with Gasteiger partial charge in [-0.15, -0.1) is 0 Å². The number of carbonyl (C=O) groups is 2. The highest BCUT2D eigenvalue weighted by Crippen LogP contribution is 2.18. The third-order valence-electron chi connectivity index (χ3n) is 3.47. The topological polar surface area (TPSA) is 67.4 Å². The fourth-order valence-corrected chi connectivity index (χ4v) is 2.26. The summed E-state index contributed by atoms with van der Waals surface area (Å²) in [5.74, 6) is -0.340. The Hall–Kier alpha value is -1.88. The number of hydrogen-bond donors (Lipinski definition) is 2. The second-order valence-electron chi connectivity index (χ2n) is 5.15. The van der Waals surface area contributed by atoms with E-state index in [0.717, 1.165) is 25.7 Å². The zero-order valence-corrected chi connectivity index (χ0v) is 12.4. The summed E-state index contributed by atoms with van der Waals surface area (Å²) in [6, 6.07) is 7.04. The molecule has 0 bridgehead atoms. The molecule has 0 saturated carbocycles. The molecular weight excluding hydrogens is 268 g/mol. The summed E-state index contributed by atoms with van der Waals surface area (Å²) in [5, 5.41) is 5.66. The van der Waals surface area contributed by atoms with Gasteiger partial charge in [0.25, 0.3) is 11.8 Å². The Bertz CT molecular complexity index is 496. The predicted molar refractivity (Wildman–Crippen MR) is 81.3 cm³/mol. The quantitative estimate of drug-likeness (QED) is 0.790. The lowest BCUT2D eigenvalue weighted by molar-refractivity contribution is -0.124. The fraction of sp³-hybridized carbons (Fsp3) is 0.500. The van der Waals surface area contributed by atoms with Gasteiger partial charge in [-0.25, -0.2) is 0 Å². The number of benzene rings is 1. The van der Waals surface area contributed by atoms with Gasteiger partial charge in [0, 0.05) is 13.2 Å². The summed E-state index contributed by atoms with van der Waals surface area (Å²) in [7, 11) is 0. The second-order valence-corrected chi connectivity index (χ2v) is 5.15. The number of nitrogens with one attached hydrogen (secondary N) is 2. The molecular formula is C16H22N2O3. The summed E-state index contributed by atoms with van der Waals surface area (Å²) in [6.07, 6.45) is 3.20. The predicted octanol–water partition coefficient (Wildman–Crippen LogP) is 2.33. The number of anilines is 1. The van der Waals surface area contributed by atoms with Crippen LogP contribution in [0.25, 0.3) is 0 Å². The molecule has 1 aliphatic rings. The molecule has 5 heteroatoms.